The van der Waals surface area contributed by atoms with Crippen LogP contribution in [0.15, 0.2) is 0 Å². The van der Waals surface area contributed by atoms with Crippen molar-refractivity contribution >= 4 is 53.2 Å². The van der Waals surface area contributed by atoms with Crippen molar-refractivity contribution in [2.45, 2.75) is 85.2 Å². The van der Waals surface area contributed by atoms with Crippen molar-refractivity contribution in [2.24, 2.45) is 0 Å². The zero-order chi connectivity index (χ0) is 14.8. The molecule has 0 saturated heterocycles. The standard InChI is InChI=1S/C6H15Ge.C4H10ClGe.C4H10Ge/c1-4-7(5-2)6-3;1-3-6(5)4-2;1-3-5-4-2/h4-6H2,1-3H3;3-4H2,1-2H3;3-4H2,1-2H3. The first-order valence-electron chi connectivity index (χ1n) is 7.61. The Hall–Kier alpha value is 1.92. The van der Waals surface area contributed by atoms with E-state index in [9.17, 15) is 0 Å². The van der Waals surface area contributed by atoms with E-state index < -0.39 is 27.8 Å². The maximum atomic E-state index is 5.82. The van der Waals surface area contributed by atoms with Gasteiger partial charge in [-0.05, 0) is 0 Å². The molecule has 4 heteroatoms. The van der Waals surface area contributed by atoms with Crippen molar-refractivity contribution in [3.63, 3.8) is 0 Å². The normalized spacial score (nSPS) is 9.67. The van der Waals surface area contributed by atoms with E-state index in [2.05, 4.69) is 48.5 Å². The van der Waals surface area contributed by atoms with Crippen molar-refractivity contribution in [2.75, 3.05) is 0 Å². The molecule has 0 spiro atoms. The second kappa shape index (κ2) is 24.0. The van der Waals surface area contributed by atoms with E-state index in [1.807, 2.05) is 0 Å². The number of halogens is 1. The molecule has 0 nitrogen and oxygen atoms in total. The summed E-state index contributed by atoms with van der Waals surface area (Å²) in [6, 6.07) is 0. The van der Waals surface area contributed by atoms with Gasteiger partial charge in [0.05, 0.1) is 0 Å². The van der Waals surface area contributed by atoms with Gasteiger partial charge >= 0.3 is 138 Å². The van der Waals surface area contributed by atoms with Crippen molar-refractivity contribution in [3.05, 3.63) is 0 Å². The second-order valence-electron chi connectivity index (χ2n) is 3.99. The zero-order valence-electron chi connectivity index (χ0n) is 13.8. The summed E-state index contributed by atoms with van der Waals surface area (Å²) in [5, 5.41) is 10.0. The second-order valence-corrected chi connectivity index (χ2v) is 23.5. The van der Waals surface area contributed by atoms with Crippen LogP contribution in [0.4, 0.5) is 0 Å². The van der Waals surface area contributed by atoms with Gasteiger partial charge in [-0.1, -0.05) is 0 Å². The van der Waals surface area contributed by atoms with E-state index >= 15 is 0 Å². The van der Waals surface area contributed by atoms with Gasteiger partial charge in [-0.2, -0.15) is 0 Å². The van der Waals surface area contributed by atoms with Crippen LogP contribution >= 0.6 is 10.0 Å². The molecule has 0 saturated carbocycles. The minimum atomic E-state index is -0.907. The SMILES string of the molecule is C[CH2][Ge]([CH2]C)[CH2]C.C[CH2][Ge]([Cl])[CH2]C.C[CH2][Ge][CH2]C. The molecule has 0 aromatic carbocycles. The molecule has 0 aliphatic rings. The molecule has 0 bridgehead atoms. The molecule has 0 aromatic rings. The fourth-order valence-corrected chi connectivity index (χ4v) is 6.50. The Morgan fingerprint density at radius 3 is 1.00 bits per heavy atom. The van der Waals surface area contributed by atoms with Gasteiger partial charge < -0.3 is 0 Å². The van der Waals surface area contributed by atoms with E-state index in [0.717, 1.165) is 0 Å². The monoisotopic (exact) mass is 460 g/mol. The average molecular weight is 457 g/mol. The predicted octanol–water partition coefficient (Wildman–Crippen LogP) is 6.36. The summed E-state index contributed by atoms with van der Waals surface area (Å²) in [4.78, 5) is 0. The molecule has 110 valence electrons. The van der Waals surface area contributed by atoms with Gasteiger partial charge in [-0.15, -0.1) is 0 Å². The van der Waals surface area contributed by atoms with Crippen molar-refractivity contribution < 1.29 is 0 Å². The van der Waals surface area contributed by atoms with E-state index in [4.69, 9.17) is 10.0 Å². The average Bonchev–Trinajstić information content (AvgIpc) is 2.42. The van der Waals surface area contributed by atoms with Crippen molar-refractivity contribution in [1.29, 1.82) is 0 Å². The van der Waals surface area contributed by atoms with Crippen LogP contribution in [0, 0.1) is 0 Å². The van der Waals surface area contributed by atoms with Gasteiger partial charge in [0.1, 0.15) is 0 Å². The van der Waals surface area contributed by atoms with Crippen LogP contribution in [-0.4, -0.2) is 43.2 Å². The summed E-state index contributed by atoms with van der Waals surface area (Å²) in [6.45, 7) is 15.9. The molecule has 18 heavy (non-hydrogen) atoms. The van der Waals surface area contributed by atoms with E-state index in [-0.39, 0.29) is 0 Å². The number of hydrogen-bond acceptors (Lipinski definition) is 0. The third kappa shape index (κ3) is 26.5. The molecule has 0 atom stereocenters. The van der Waals surface area contributed by atoms with E-state index in [0.29, 0.717) is 15.4 Å². The topological polar surface area (TPSA) is 0 Å². The molecule has 0 aliphatic heterocycles. The predicted molar refractivity (Wildman–Crippen MR) is 96.5 cm³/mol. The van der Waals surface area contributed by atoms with E-state index in [1.54, 1.807) is 0 Å². The summed E-state index contributed by atoms with van der Waals surface area (Å²) in [5.74, 6) is 0. The fraction of sp³-hybridized carbons (Fsp3) is 1.00. The van der Waals surface area contributed by atoms with Gasteiger partial charge in [-0.25, -0.2) is 0 Å². The van der Waals surface area contributed by atoms with Crippen LogP contribution in [-0.2, 0) is 0 Å². The van der Waals surface area contributed by atoms with Gasteiger partial charge in [-0.3, -0.25) is 0 Å². The molecular formula is C14H35ClGe3. The van der Waals surface area contributed by atoms with Crippen LogP contribution in [0.2, 0.25) is 36.8 Å². The minimum absolute atomic E-state index is 0.403. The number of rotatable bonds is 7. The van der Waals surface area contributed by atoms with Crippen molar-refractivity contribution in [3.8, 4) is 0 Å². The molecule has 0 unspecified atom stereocenters. The fourth-order valence-electron chi connectivity index (χ4n) is 1.25. The Kier molecular flexibility index (Phi) is 33.2. The van der Waals surface area contributed by atoms with Crippen molar-refractivity contribution in [1.82, 2.24) is 0 Å². The first kappa shape index (κ1) is 24.9. The Morgan fingerprint density at radius 2 is 1.00 bits per heavy atom. The zero-order valence-corrected chi connectivity index (χ0v) is 20.9. The Morgan fingerprint density at radius 1 is 0.667 bits per heavy atom. The molecule has 0 aliphatic carbocycles. The molecule has 4 radical (unpaired) electrons. The van der Waals surface area contributed by atoms with Crippen LogP contribution < -0.4 is 0 Å². The van der Waals surface area contributed by atoms with Crippen LogP contribution in [0.25, 0.3) is 0 Å². The van der Waals surface area contributed by atoms with Gasteiger partial charge in [0.2, 0.25) is 0 Å². The third-order valence-corrected chi connectivity index (χ3v) is 17.2. The maximum absolute atomic E-state index is 5.82. The van der Waals surface area contributed by atoms with Crippen LogP contribution in [0.3, 0.4) is 0 Å². The summed E-state index contributed by atoms with van der Waals surface area (Å²) in [5.41, 5.74) is 0. The summed E-state index contributed by atoms with van der Waals surface area (Å²) >= 11 is -0.782. The molecule has 0 aromatic heterocycles. The first-order chi connectivity index (χ1) is 8.57. The number of hydrogen-bond donors (Lipinski definition) is 0. The summed E-state index contributed by atoms with van der Waals surface area (Å²) in [6.07, 6.45) is 0. The third-order valence-electron chi connectivity index (χ3n) is 2.77. The van der Waals surface area contributed by atoms with Crippen LogP contribution in [0.1, 0.15) is 48.5 Å². The summed E-state index contributed by atoms with van der Waals surface area (Å²) < 4.78 is 0. The van der Waals surface area contributed by atoms with E-state index in [1.165, 1.54) is 36.8 Å². The Balaban J connectivity index is -0.000000190. The van der Waals surface area contributed by atoms with Gasteiger partial charge in [0.25, 0.3) is 0 Å². The summed E-state index contributed by atoms with van der Waals surface area (Å²) in [7, 11) is 5.82. The van der Waals surface area contributed by atoms with Gasteiger partial charge in [0, 0.05) is 0 Å². The molecule has 0 amide bonds. The quantitative estimate of drug-likeness (QED) is 0.391. The first-order valence-corrected chi connectivity index (χ1v) is 20.8. The van der Waals surface area contributed by atoms with Gasteiger partial charge in [0.15, 0.2) is 0 Å². The Labute approximate surface area is 137 Å². The molecule has 0 N–H and O–H groups in total. The molecule has 0 heterocycles. The molecule has 0 rings (SSSR count). The Bertz CT molecular complexity index is 108. The molecule has 0 fully saturated rings. The molecular weight excluding hydrogens is 421 g/mol. The van der Waals surface area contributed by atoms with Crippen LogP contribution in [0.5, 0.6) is 0 Å².